The Hall–Kier alpha value is -3.69. The first-order valence-corrected chi connectivity index (χ1v) is 9.24. The smallest absolute Gasteiger partial charge is 0.368 e. The van der Waals surface area contributed by atoms with Gasteiger partial charge in [0.2, 0.25) is 0 Å². The first-order valence-electron chi connectivity index (χ1n) is 9.24. The number of halogens is 3. The van der Waals surface area contributed by atoms with E-state index >= 15 is 0 Å². The summed E-state index contributed by atoms with van der Waals surface area (Å²) >= 11 is 0. The zero-order valence-corrected chi connectivity index (χ0v) is 15.7. The van der Waals surface area contributed by atoms with Crippen LogP contribution >= 0.6 is 0 Å². The van der Waals surface area contributed by atoms with Crippen molar-refractivity contribution in [1.82, 2.24) is 25.1 Å². The molecular formula is C20H18F3N7. The van der Waals surface area contributed by atoms with Gasteiger partial charge in [0.05, 0.1) is 17.6 Å². The van der Waals surface area contributed by atoms with Gasteiger partial charge in [0.25, 0.3) is 0 Å². The van der Waals surface area contributed by atoms with Crippen LogP contribution in [0.1, 0.15) is 16.8 Å². The number of anilines is 2. The van der Waals surface area contributed by atoms with Gasteiger partial charge in [-0.05, 0) is 17.7 Å². The fraction of sp³-hybridized carbons (Fsp3) is 0.200. The summed E-state index contributed by atoms with van der Waals surface area (Å²) in [4.78, 5) is 11.2. The Morgan fingerprint density at radius 1 is 0.900 bits per heavy atom. The molecule has 154 valence electrons. The lowest BCUT2D eigenvalue weighted by molar-refractivity contribution is -0.137. The molecule has 0 saturated heterocycles. The monoisotopic (exact) mass is 413 g/mol. The highest BCUT2D eigenvalue weighted by Gasteiger charge is 2.30. The maximum Gasteiger partial charge on any atom is 0.417 e. The number of aromatic nitrogens is 5. The Morgan fingerprint density at radius 2 is 1.70 bits per heavy atom. The number of imidazole rings is 1. The summed E-state index contributed by atoms with van der Waals surface area (Å²) in [6.45, 7) is 0.894. The zero-order chi connectivity index (χ0) is 21.0. The number of nitrogens with one attached hydrogen (secondary N) is 3. The van der Waals surface area contributed by atoms with Gasteiger partial charge in [0, 0.05) is 25.7 Å². The Morgan fingerprint density at radius 3 is 2.43 bits per heavy atom. The molecule has 4 rings (SSSR count). The van der Waals surface area contributed by atoms with Gasteiger partial charge in [-0.25, -0.2) is 9.97 Å². The SMILES string of the molecule is FC(F)(F)c1ccc(NCCNc2nnc(Cc3ccccc3)c3nc[nH]c23)nc1. The summed E-state index contributed by atoms with van der Waals surface area (Å²) < 4.78 is 37.7. The molecule has 0 unspecified atom stereocenters. The van der Waals surface area contributed by atoms with Crippen molar-refractivity contribution in [2.24, 2.45) is 0 Å². The summed E-state index contributed by atoms with van der Waals surface area (Å²) in [5.41, 5.74) is 2.61. The summed E-state index contributed by atoms with van der Waals surface area (Å²) in [7, 11) is 0. The highest BCUT2D eigenvalue weighted by Crippen LogP contribution is 2.28. The summed E-state index contributed by atoms with van der Waals surface area (Å²) in [5.74, 6) is 0.919. The molecular weight excluding hydrogens is 395 g/mol. The predicted molar refractivity (Wildman–Crippen MR) is 107 cm³/mol. The van der Waals surface area contributed by atoms with Crippen LogP contribution in [-0.4, -0.2) is 38.2 Å². The van der Waals surface area contributed by atoms with Crippen LogP contribution in [0, 0.1) is 0 Å². The van der Waals surface area contributed by atoms with Crippen LogP contribution in [0.15, 0.2) is 55.0 Å². The van der Waals surface area contributed by atoms with Gasteiger partial charge in [-0.3, -0.25) is 0 Å². The van der Waals surface area contributed by atoms with Crippen molar-refractivity contribution in [3.05, 3.63) is 71.8 Å². The molecule has 0 radical (unpaired) electrons. The minimum absolute atomic E-state index is 0.362. The normalized spacial score (nSPS) is 11.6. The van der Waals surface area contributed by atoms with Crippen LogP contribution in [0.5, 0.6) is 0 Å². The third kappa shape index (κ3) is 4.48. The highest BCUT2D eigenvalue weighted by atomic mass is 19.4. The maximum atomic E-state index is 12.6. The number of alkyl halides is 3. The second-order valence-corrected chi connectivity index (χ2v) is 6.57. The van der Waals surface area contributed by atoms with Crippen LogP contribution in [0.4, 0.5) is 24.8 Å². The van der Waals surface area contributed by atoms with E-state index in [1.54, 1.807) is 6.33 Å². The molecule has 0 aliphatic carbocycles. The minimum Gasteiger partial charge on any atom is -0.368 e. The maximum absolute atomic E-state index is 12.6. The lowest BCUT2D eigenvalue weighted by Crippen LogP contribution is -2.16. The van der Waals surface area contributed by atoms with Crippen LogP contribution in [-0.2, 0) is 12.6 Å². The van der Waals surface area contributed by atoms with E-state index in [1.165, 1.54) is 6.07 Å². The van der Waals surface area contributed by atoms with Gasteiger partial charge < -0.3 is 15.6 Å². The van der Waals surface area contributed by atoms with Gasteiger partial charge in [-0.1, -0.05) is 30.3 Å². The molecule has 0 amide bonds. The van der Waals surface area contributed by atoms with Crippen LogP contribution < -0.4 is 10.6 Å². The molecule has 1 aromatic carbocycles. The molecule has 0 bridgehead atoms. The van der Waals surface area contributed by atoms with Crippen molar-refractivity contribution in [2.75, 3.05) is 23.7 Å². The van der Waals surface area contributed by atoms with E-state index in [1.807, 2.05) is 30.3 Å². The third-order valence-electron chi connectivity index (χ3n) is 4.45. The van der Waals surface area contributed by atoms with E-state index in [0.29, 0.717) is 31.1 Å². The van der Waals surface area contributed by atoms with Gasteiger partial charge in [-0.15, -0.1) is 5.10 Å². The minimum atomic E-state index is -4.39. The molecule has 3 heterocycles. The second kappa shape index (κ2) is 8.36. The van der Waals surface area contributed by atoms with E-state index in [0.717, 1.165) is 34.6 Å². The number of aromatic amines is 1. The molecule has 3 N–H and O–H groups in total. The van der Waals surface area contributed by atoms with Gasteiger partial charge in [0.15, 0.2) is 5.82 Å². The molecule has 4 aromatic rings. The average molecular weight is 413 g/mol. The standard InChI is InChI=1S/C20H18F3N7/c21-20(22,23)14-6-7-16(26-11-14)24-8-9-25-19-18-17(27-12-28-18)15(29-30-19)10-13-4-2-1-3-5-13/h1-7,11-12H,8-10H2,(H,24,26)(H,25,30)(H,27,28). The molecule has 0 aliphatic rings. The Balaban J connectivity index is 1.37. The molecule has 7 nitrogen and oxygen atoms in total. The van der Waals surface area contributed by atoms with Crippen molar-refractivity contribution >= 4 is 22.7 Å². The van der Waals surface area contributed by atoms with Gasteiger partial charge in [-0.2, -0.15) is 18.3 Å². The fourth-order valence-electron chi connectivity index (χ4n) is 2.97. The number of fused-ring (bicyclic) bond motifs is 1. The number of rotatable bonds is 7. The lowest BCUT2D eigenvalue weighted by Gasteiger charge is -2.10. The van der Waals surface area contributed by atoms with Crippen molar-refractivity contribution in [3.8, 4) is 0 Å². The third-order valence-corrected chi connectivity index (χ3v) is 4.45. The number of benzene rings is 1. The van der Waals surface area contributed by atoms with E-state index in [2.05, 4.69) is 35.8 Å². The molecule has 10 heteroatoms. The summed E-state index contributed by atoms with van der Waals surface area (Å²) in [6.07, 6.45) is -1.37. The molecule has 0 fully saturated rings. The highest BCUT2D eigenvalue weighted by molar-refractivity contribution is 5.86. The molecule has 0 atom stereocenters. The van der Waals surface area contributed by atoms with Gasteiger partial charge >= 0.3 is 6.18 Å². The quantitative estimate of drug-likeness (QED) is 0.398. The average Bonchev–Trinajstić information content (AvgIpc) is 3.23. The van der Waals surface area contributed by atoms with E-state index in [-0.39, 0.29) is 0 Å². The molecule has 0 aliphatic heterocycles. The van der Waals surface area contributed by atoms with Crippen LogP contribution in [0.3, 0.4) is 0 Å². The Kier molecular flexibility index (Phi) is 5.46. The van der Waals surface area contributed by atoms with Crippen molar-refractivity contribution < 1.29 is 13.2 Å². The fourth-order valence-corrected chi connectivity index (χ4v) is 2.97. The van der Waals surface area contributed by atoms with Gasteiger partial charge in [0.1, 0.15) is 16.9 Å². The number of pyridine rings is 1. The van der Waals surface area contributed by atoms with E-state index < -0.39 is 11.7 Å². The number of hydrogen-bond acceptors (Lipinski definition) is 6. The molecule has 3 aromatic heterocycles. The second-order valence-electron chi connectivity index (χ2n) is 6.57. The topological polar surface area (TPSA) is 91.4 Å². The lowest BCUT2D eigenvalue weighted by atomic mass is 10.1. The first-order chi connectivity index (χ1) is 14.5. The number of nitrogens with zero attached hydrogens (tertiary/aromatic N) is 4. The first kappa shape index (κ1) is 19.6. The molecule has 30 heavy (non-hydrogen) atoms. The zero-order valence-electron chi connectivity index (χ0n) is 15.7. The summed E-state index contributed by atoms with van der Waals surface area (Å²) in [5, 5.41) is 14.7. The Labute approximate surface area is 169 Å². The molecule has 0 spiro atoms. The summed E-state index contributed by atoms with van der Waals surface area (Å²) in [6, 6.07) is 12.2. The predicted octanol–water partition coefficient (Wildman–Crippen LogP) is 3.88. The number of H-pyrrole nitrogens is 1. The Bertz CT molecular complexity index is 1110. The van der Waals surface area contributed by atoms with Crippen molar-refractivity contribution in [1.29, 1.82) is 0 Å². The van der Waals surface area contributed by atoms with Crippen LogP contribution in [0.25, 0.3) is 11.0 Å². The van der Waals surface area contributed by atoms with E-state index in [4.69, 9.17) is 0 Å². The number of hydrogen-bond donors (Lipinski definition) is 3. The van der Waals surface area contributed by atoms with E-state index in [9.17, 15) is 13.2 Å². The molecule has 0 saturated carbocycles. The van der Waals surface area contributed by atoms with Crippen molar-refractivity contribution in [3.63, 3.8) is 0 Å². The van der Waals surface area contributed by atoms with Crippen LogP contribution in [0.2, 0.25) is 0 Å². The van der Waals surface area contributed by atoms with Crippen molar-refractivity contribution in [2.45, 2.75) is 12.6 Å². The largest absolute Gasteiger partial charge is 0.417 e.